The molecule has 0 radical (unpaired) electrons. The van der Waals surface area contributed by atoms with Gasteiger partial charge in [0.1, 0.15) is 11.5 Å². The maximum absolute atomic E-state index is 5.57. The Balaban J connectivity index is 2.07. The van der Waals surface area contributed by atoms with Gasteiger partial charge in [0.25, 0.3) is 0 Å². The fourth-order valence-electron chi connectivity index (χ4n) is 2.22. The molecule has 0 aliphatic carbocycles. The molecule has 18 heavy (non-hydrogen) atoms. The summed E-state index contributed by atoms with van der Waals surface area (Å²) in [5.74, 6) is 2.21. The fraction of sp³-hybridized carbons (Fsp3) is 0.571. The van der Waals surface area contributed by atoms with E-state index < -0.39 is 0 Å². The summed E-state index contributed by atoms with van der Waals surface area (Å²) in [7, 11) is 3.36. The highest BCUT2D eigenvalue weighted by Gasteiger charge is 2.15. The van der Waals surface area contributed by atoms with Crippen molar-refractivity contribution in [3.63, 3.8) is 0 Å². The van der Waals surface area contributed by atoms with Crippen LogP contribution in [0.5, 0.6) is 11.5 Å². The minimum Gasteiger partial charge on any atom is -0.497 e. The zero-order valence-corrected chi connectivity index (χ0v) is 11.1. The van der Waals surface area contributed by atoms with Crippen molar-refractivity contribution in [2.75, 3.05) is 40.5 Å². The van der Waals surface area contributed by atoms with Gasteiger partial charge in [-0.2, -0.15) is 0 Å². The van der Waals surface area contributed by atoms with Crippen LogP contribution >= 0.6 is 0 Å². The number of benzene rings is 1. The number of rotatable bonds is 4. The lowest BCUT2D eigenvalue weighted by Crippen LogP contribution is -2.24. The van der Waals surface area contributed by atoms with Gasteiger partial charge >= 0.3 is 0 Å². The van der Waals surface area contributed by atoms with Crippen molar-refractivity contribution < 1.29 is 14.2 Å². The van der Waals surface area contributed by atoms with Crippen LogP contribution in [0.2, 0.25) is 0 Å². The molecule has 1 aliphatic rings. The van der Waals surface area contributed by atoms with Crippen molar-refractivity contribution in [1.82, 2.24) is 5.32 Å². The highest BCUT2D eigenvalue weighted by atomic mass is 16.5. The third-order valence-corrected chi connectivity index (χ3v) is 3.21. The monoisotopic (exact) mass is 251 g/mol. The predicted molar refractivity (Wildman–Crippen MR) is 70.4 cm³/mol. The van der Waals surface area contributed by atoms with E-state index in [4.69, 9.17) is 14.2 Å². The standard InChI is InChI=1S/C14H21NO3/c1-16-13-4-3-12(14(8-13)17-2)7-11-9-15-5-6-18-10-11/h3-4,8,11,15H,5-7,9-10H2,1-2H3. The lowest BCUT2D eigenvalue weighted by atomic mass is 9.99. The molecule has 1 aromatic carbocycles. The second-order valence-electron chi connectivity index (χ2n) is 4.53. The topological polar surface area (TPSA) is 39.7 Å². The van der Waals surface area contributed by atoms with Crippen molar-refractivity contribution in [2.45, 2.75) is 6.42 Å². The Morgan fingerprint density at radius 3 is 3.00 bits per heavy atom. The van der Waals surface area contributed by atoms with Gasteiger partial charge in [-0.3, -0.25) is 0 Å². The first-order valence-corrected chi connectivity index (χ1v) is 6.33. The van der Waals surface area contributed by atoms with Crippen molar-refractivity contribution in [3.05, 3.63) is 23.8 Å². The van der Waals surface area contributed by atoms with E-state index in [2.05, 4.69) is 11.4 Å². The number of ether oxygens (including phenoxy) is 3. The molecule has 1 atom stereocenters. The third kappa shape index (κ3) is 3.37. The van der Waals surface area contributed by atoms with Crippen LogP contribution in [0.1, 0.15) is 5.56 Å². The van der Waals surface area contributed by atoms with E-state index in [1.54, 1.807) is 14.2 Å². The van der Waals surface area contributed by atoms with Gasteiger partial charge in [-0.1, -0.05) is 6.07 Å². The summed E-state index contributed by atoms with van der Waals surface area (Å²) in [4.78, 5) is 0. The van der Waals surface area contributed by atoms with E-state index in [0.717, 1.165) is 44.2 Å². The minimum absolute atomic E-state index is 0.495. The molecular formula is C14H21NO3. The Bertz CT molecular complexity index is 373. The molecular weight excluding hydrogens is 230 g/mol. The van der Waals surface area contributed by atoms with Crippen molar-refractivity contribution in [2.24, 2.45) is 5.92 Å². The maximum Gasteiger partial charge on any atom is 0.125 e. The summed E-state index contributed by atoms with van der Waals surface area (Å²) in [6, 6.07) is 5.98. The molecule has 100 valence electrons. The van der Waals surface area contributed by atoms with Gasteiger partial charge in [0.15, 0.2) is 0 Å². The van der Waals surface area contributed by atoms with Crippen LogP contribution in [0.3, 0.4) is 0 Å². The summed E-state index contributed by atoms with van der Waals surface area (Å²) in [5, 5.41) is 3.39. The van der Waals surface area contributed by atoms with Crippen molar-refractivity contribution >= 4 is 0 Å². The Kier molecular flexibility index (Phi) is 4.84. The molecule has 1 fully saturated rings. The van der Waals surface area contributed by atoms with Gasteiger partial charge in [0.2, 0.25) is 0 Å². The maximum atomic E-state index is 5.57. The van der Waals surface area contributed by atoms with Gasteiger partial charge in [0, 0.05) is 19.2 Å². The third-order valence-electron chi connectivity index (χ3n) is 3.21. The Hall–Kier alpha value is -1.26. The molecule has 4 heteroatoms. The summed E-state index contributed by atoms with van der Waals surface area (Å²) in [5.41, 5.74) is 1.20. The molecule has 0 amide bonds. The fourth-order valence-corrected chi connectivity index (χ4v) is 2.22. The molecule has 4 nitrogen and oxygen atoms in total. The Morgan fingerprint density at radius 1 is 1.33 bits per heavy atom. The lowest BCUT2D eigenvalue weighted by molar-refractivity contribution is 0.123. The average Bonchev–Trinajstić information content (AvgIpc) is 2.68. The van der Waals surface area contributed by atoms with Crippen molar-refractivity contribution in [3.8, 4) is 11.5 Å². The van der Waals surface area contributed by atoms with Crippen LogP contribution in [-0.2, 0) is 11.2 Å². The Labute approximate surface area is 108 Å². The van der Waals surface area contributed by atoms with Gasteiger partial charge in [-0.15, -0.1) is 0 Å². The first kappa shape index (κ1) is 13.2. The predicted octanol–water partition coefficient (Wildman–Crippen LogP) is 1.48. The SMILES string of the molecule is COc1ccc(CC2CNCCOC2)c(OC)c1. The molecule has 1 aliphatic heterocycles. The average molecular weight is 251 g/mol. The largest absolute Gasteiger partial charge is 0.497 e. The van der Waals surface area contributed by atoms with Crippen LogP contribution in [0, 0.1) is 5.92 Å². The molecule has 1 saturated heterocycles. The van der Waals surface area contributed by atoms with E-state index in [1.165, 1.54) is 5.56 Å². The number of methoxy groups -OCH3 is 2. The smallest absolute Gasteiger partial charge is 0.125 e. The van der Waals surface area contributed by atoms with Gasteiger partial charge in [-0.25, -0.2) is 0 Å². The van der Waals surface area contributed by atoms with Crippen LogP contribution in [-0.4, -0.2) is 40.5 Å². The van der Waals surface area contributed by atoms with E-state index in [9.17, 15) is 0 Å². The molecule has 1 unspecified atom stereocenters. The highest BCUT2D eigenvalue weighted by Crippen LogP contribution is 2.26. The lowest BCUT2D eigenvalue weighted by Gasteiger charge is -2.16. The molecule has 2 rings (SSSR count). The number of hydrogen-bond acceptors (Lipinski definition) is 4. The van der Waals surface area contributed by atoms with E-state index >= 15 is 0 Å². The van der Waals surface area contributed by atoms with Gasteiger partial charge in [0.05, 0.1) is 27.4 Å². The Morgan fingerprint density at radius 2 is 2.22 bits per heavy atom. The quantitative estimate of drug-likeness (QED) is 0.880. The first-order valence-electron chi connectivity index (χ1n) is 6.33. The van der Waals surface area contributed by atoms with Crippen LogP contribution in [0.15, 0.2) is 18.2 Å². The van der Waals surface area contributed by atoms with E-state index in [0.29, 0.717) is 5.92 Å². The molecule has 1 heterocycles. The molecule has 1 N–H and O–H groups in total. The summed E-state index contributed by atoms with van der Waals surface area (Å²) in [6.45, 7) is 3.55. The van der Waals surface area contributed by atoms with Crippen LogP contribution in [0.4, 0.5) is 0 Å². The van der Waals surface area contributed by atoms with E-state index in [1.807, 2.05) is 12.1 Å². The second kappa shape index (κ2) is 6.61. The summed E-state index contributed by atoms with van der Waals surface area (Å²) in [6.07, 6.45) is 0.958. The molecule has 1 aromatic rings. The number of nitrogens with one attached hydrogen (secondary N) is 1. The highest BCUT2D eigenvalue weighted by molar-refractivity contribution is 5.41. The molecule has 0 spiro atoms. The molecule has 0 saturated carbocycles. The first-order chi connectivity index (χ1) is 8.83. The van der Waals surface area contributed by atoms with Gasteiger partial charge < -0.3 is 19.5 Å². The zero-order chi connectivity index (χ0) is 12.8. The van der Waals surface area contributed by atoms with Crippen molar-refractivity contribution in [1.29, 1.82) is 0 Å². The van der Waals surface area contributed by atoms with Crippen LogP contribution < -0.4 is 14.8 Å². The minimum atomic E-state index is 0.495. The van der Waals surface area contributed by atoms with Gasteiger partial charge in [-0.05, 0) is 24.0 Å². The summed E-state index contributed by atoms with van der Waals surface area (Å²) >= 11 is 0. The van der Waals surface area contributed by atoms with Crippen LogP contribution in [0.25, 0.3) is 0 Å². The second-order valence-corrected chi connectivity index (χ2v) is 4.53. The molecule has 0 aromatic heterocycles. The molecule has 0 bridgehead atoms. The number of hydrogen-bond donors (Lipinski definition) is 1. The van der Waals surface area contributed by atoms with E-state index in [-0.39, 0.29) is 0 Å². The zero-order valence-electron chi connectivity index (χ0n) is 11.1. The summed E-state index contributed by atoms with van der Waals surface area (Å²) < 4.78 is 16.2. The normalized spacial score (nSPS) is 20.2.